The minimum Gasteiger partial charge on any atom is -0.310 e. The highest BCUT2D eigenvalue weighted by atomic mass is 32.2. The number of nitrogens with zero attached hydrogens (tertiary/aromatic N) is 1. The van der Waals surface area contributed by atoms with Gasteiger partial charge in [-0.05, 0) is 25.0 Å². The Labute approximate surface area is 106 Å². The summed E-state index contributed by atoms with van der Waals surface area (Å²) in [6.07, 6.45) is 3.66. The predicted molar refractivity (Wildman–Crippen MR) is 71.2 cm³/mol. The molecule has 2 N–H and O–H groups in total. The van der Waals surface area contributed by atoms with Gasteiger partial charge >= 0.3 is 0 Å². The fraction of sp³-hybridized carbons (Fsp3) is 0.667. The van der Waals surface area contributed by atoms with Crippen LogP contribution in [0, 0.1) is 0 Å². The molecule has 17 heavy (non-hydrogen) atoms. The molecular formula is C12H19N3OS. The number of nitrogens with one attached hydrogen (secondary N) is 2. The Morgan fingerprint density at radius 1 is 1.59 bits per heavy atom. The zero-order valence-corrected chi connectivity index (χ0v) is 11.0. The average molecular weight is 253 g/mol. The molecule has 0 aromatic carbocycles. The molecule has 0 bridgehead atoms. The molecule has 1 aliphatic carbocycles. The standard InChI is InChI=1S/C12H19N3OS/c1-2-5-17-8-11-14-10(6-12(16)15-11)7-13-9-3-4-9/h6,9,13H,2-5,7-8H2,1H3,(H,14,15,16). The summed E-state index contributed by atoms with van der Waals surface area (Å²) in [5, 5.41) is 3.37. The Morgan fingerprint density at radius 2 is 2.41 bits per heavy atom. The molecule has 0 unspecified atom stereocenters. The van der Waals surface area contributed by atoms with E-state index in [1.54, 1.807) is 6.07 Å². The summed E-state index contributed by atoms with van der Waals surface area (Å²) in [5.41, 5.74) is 0.812. The highest BCUT2D eigenvalue weighted by Gasteiger charge is 2.20. The van der Waals surface area contributed by atoms with Gasteiger partial charge in [0.15, 0.2) is 0 Å². The predicted octanol–water partition coefficient (Wildman–Crippen LogP) is 1.67. The Hall–Kier alpha value is -0.810. The van der Waals surface area contributed by atoms with Gasteiger partial charge < -0.3 is 10.3 Å². The van der Waals surface area contributed by atoms with E-state index in [1.165, 1.54) is 12.8 Å². The number of hydrogen-bond donors (Lipinski definition) is 2. The summed E-state index contributed by atoms with van der Waals surface area (Å²) in [4.78, 5) is 18.7. The molecular weight excluding hydrogens is 234 g/mol. The maximum atomic E-state index is 11.5. The minimum absolute atomic E-state index is 0.0419. The lowest BCUT2D eigenvalue weighted by Gasteiger charge is -2.05. The number of hydrogen-bond acceptors (Lipinski definition) is 4. The van der Waals surface area contributed by atoms with Crippen molar-refractivity contribution >= 4 is 11.8 Å². The monoisotopic (exact) mass is 253 g/mol. The maximum Gasteiger partial charge on any atom is 0.251 e. The van der Waals surface area contributed by atoms with Gasteiger partial charge in [-0.2, -0.15) is 11.8 Å². The first-order valence-corrected chi connectivity index (χ1v) is 7.33. The van der Waals surface area contributed by atoms with Crippen LogP contribution in [0.4, 0.5) is 0 Å². The molecule has 0 spiro atoms. The topological polar surface area (TPSA) is 57.8 Å². The SMILES string of the molecule is CCCSCc1nc(CNC2CC2)cc(=O)[nH]1. The number of thioether (sulfide) groups is 1. The smallest absolute Gasteiger partial charge is 0.251 e. The lowest BCUT2D eigenvalue weighted by atomic mass is 10.4. The third-order valence-electron chi connectivity index (χ3n) is 2.58. The first kappa shape index (κ1) is 12.6. The van der Waals surface area contributed by atoms with Crippen molar-refractivity contribution in [2.24, 2.45) is 0 Å². The first-order chi connectivity index (χ1) is 8.28. The van der Waals surface area contributed by atoms with Gasteiger partial charge in [0.05, 0.1) is 11.4 Å². The number of H-pyrrole nitrogens is 1. The Bertz CT molecular complexity index is 414. The molecule has 1 aromatic rings. The molecule has 0 radical (unpaired) electrons. The van der Waals surface area contributed by atoms with Crippen LogP contribution < -0.4 is 10.9 Å². The Morgan fingerprint density at radius 3 is 3.12 bits per heavy atom. The van der Waals surface area contributed by atoms with Crippen molar-refractivity contribution in [3.05, 3.63) is 27.9 Å². The third kappa shape index (κ3) is 4.52. The van der Waals surface area contributed by atoms with Crippen LogP contribution in [0.5, 0.6) is 0 Å². The van der Waals surface area contributed by atoms with Crippen LogP contribution in [0.2, 0.25) is 0 Å². The molecule has 2 rings (SSSR count). The van der Waals surface area contributed by atoms with Crippen molar-refractivity contribution in [2.45, 2.75) is 44.5 Å². The summed E-state index contributed by atoms with van der Waals surface area (Å²) in [6.45, 7) is 2.86. The molecule has 0 amide bonds. The van der Waals surface area contributed by atoms with Crippen molar-refractivity contribution in [3.8, 4) is 0 Å². The summed E-state index contributed by atoms with van der Waals surface area (Å²) in [6, 6.07) is 2.23. The van der Waals surface area contributed by atoms with Crippen LogP contribution in [0.25, 0.3) is 0 Å². The van der Waals surface area contributed by atoms with Crippen LogP contribution in [0.15, 0.2) is 10.9 Å². The minimum atomic E-state index is -0.0419. The largest absolute Gasteiger partial charge is 0.310 e. The Kier molecular flexibility index (Phi) is 4.62. The molecule has 1 fully saturated rings. The highest BCUT2D eigenvalue weighted by Crippen LogP contribution is 2.18. The van der Waals surface area contributed by atoms with E-state index in [2.05, 4.69) is 22.2 Å². The molecule has 0 atom stereocenters. The van der Waals surface area contributed by atoms with Crippen LogP contribution >= 0.6 is 11.8 Å². The van der Waals surface area contributed by atoms with Gasteiger partial charge in [0.2, 0.25) is 0 Å². The van der Waals surface area contributed by atoms with Gasteiger partial charge in [0, 0.05) is 18.7 Å². The second-order valence-corrected chi connectivity index (χ2v) is 5.50. The summed E-state index contributed by atoms with van der Waals surface area (Å²) in [7, 11) is 0. The van der Waals surface area contributed by atoms with E-state index in [0.717, 1.165) is 29.4 Å². The van der Waals surface area contributed by atoms with E-state index in [4.69, 9.17) is 0 Å². The molecule has 0 saturated heterocycles. The number of aromatic nitrogens is 2. The molecule has 1 heterocycles. The van der Waals surface area contributed by atoms with Crippen LogP contribution in [-0.4, -0.2) is 21.8 Å². The van der Waals surface area contributed by atoms with Crippen LogP contribution in [0.1, 0.15) is 37.7 Å². The van der Waals surface area contributed by atoms with E-state index >= 15 is 0 Å². The molecule has 5 heteroatoms. The molecule has 0 aliphatic heterocycles. The van der Waals surface area contributed by atoms with Crippen molar-refractivity contribution < 1.29 is 0 Å². The number of aromatic amines is 1. The summed E-state index contributed by atoms with van der Waals surface area (Å²) >= 11 is 1.81. The fourth-order valence-corrected chi connectivity index (χ4v) is 2.33. The van der Waals surface area contributed by atoms with Gasteiger partial charge in [0.1, 0.15) is 5.82 Å². The van der Waals surface area contributed by atoms with Crippen molar-refractivity contribution in [1.29, 1.82) is 0 Å². The van der Waals surface area contributed by atoms with E-state index in [1.807, 2.05) is 11.8 Å². The van der Waals surface area contributed by atoms with E-state index in [-0.39, 0.29) is 5.56 Å². The highest BCUT2D eigenvalue weighted by molar-refractivity contribution is 7.98. The van der Waals surface area contributed by atoms with Crippen molar-refractivity contribution in [1.82, 2.24) is 15.3 Å². The first-order valence-electron chi connectivity index (χ1n) is 6.18. The van der Waals surface area contributed by atoms with Crippen LogP contribution in [-0.2, 0) is 12.3 Å². The van der Waals surface area contributed by atoms with Gasteiger partial charge in [-0.1, -0.05) is 6.92 Å². The zero-order valence-electron chi connectivity index (χ0n) is 10.2. The van der Waals surface area contributed by atoms with Gasteiger partial charge in [-0.3, -0.25) is 4.79 Å². The number of rotatable bonds is 7. The molecule has 1 aliphatic rings. The molecule has 1 saturated carbocycles. The van der Waals surface area contributed by atoms with Gasteiger partial charge in [-0.15, -0.1) is 0 Å². The fourth-order valence-electron chi connectivity index (χ4n) is 1.57. The van der Waals surface area contributed by atoms with E-state index in [9.17, 15) is 4.79 Å². The lowest BCUT2D eigenvalue weighted by molar-refractivity contribution is 0.668. The normalized spacial score (nSPS) is 15.1. The second kappa shape index (κ2) is 6.21. The molecule has 4 nitrogen and oxygen atoms in total. The molecule has 94 valence electrons. The van der Waals surface area contributed by atoms with Crippen LogP contribution in [0.3, 0.4) is 0 Å². The van der Waals surface area contributed by atoms with Crippen molar-refractivity contribution in [3.63, 3.8) is 0 Å². The Balaban J connectivity index is 1.92. The van der Waals surface area contributed by atoms with E-state index < -0.39 is 0 Å². The average Bonchev–Trinajstić information content (AvgIpc) is 3.10. The van der Waals surface area contributed by atoms with Gasteiger partial charge in [0.25, 0.3) is 5.56 Å². The second-order valence-electron chi connectivity index (χ2n) is 4.39. The van der Waals surface area contributed by atoms with Crippen molar-refractivity contribution in [2.75, 3.05) is 5.75 Å². The van der Waals surface area contributed by atoms with E-state index in [0.29, 0.717) is 12.6 Å². The molecule has 1 aromatic heterocycles. The lowest BCUT2D eigenvalue weighted by Crippen LogP contribution is -2.20. The zero-order chi connectivity index (χ0) is 12.1. The third-order valence-corrected chi connectivity index (χ3v) is 3.75. The summed E-state index contributed by atoms with van der Waals surface area (Å²) in [5.74, 6) is 2.69. The maximum absolute atomic E-state index is 11.5. The van der Waals surface area contributed by atoms with Gasteiger partial charge in [-0.25, -0.2) is 4.98 Å². The quantitative estimate of drug-likeness (QED) is 0.726. The summed E-state index contributed by atoms with van der Waals surface area (Å²) < 4.78 is 0.